The summed E-state index contributed by atoms with van der Waals surface area (Å²) < 4.78 is 26.7. The van der Waals surface area contributed by atoms with Crippen molar-refractivity contribution < 1.29 is 18.0 Å². The number of nitrogens with zero attached hydrogens (tertiary/aromatic N) is 2. The lowest BCUT2D eigenvalue weighted by Crippen LogP contribution is -2.54. The first-order valence-electron chi connectivity index (χ1n) is 13.2. The molecular formula is C30H33Cl2N3O4S. The SMILES string of the molecule is CS(=O)(=O)N(CC(=O)N(Cc1ccccc1Cl)C(Cc1ccccc1)C(=O)NC1CCCC1)c1cccc(Cl)c1. The summed E-state index contributed by atoms with van der Waals surface area (Å²) >= 11 is 12.6. The van der Waals surface area contributed by atoms with Crippen LogP contribution < -0.4 is 9.62 Å². The third-order valence-corrected chi connectivity index (χ3v) is 8.79. The second-order valence-electron chi connectivity index (χ2n) is 10.1. The summed E-state index contributed by atoms with van der Waals surface area (Å²) in [4.78, 5) is 29.4. The van der Waals surface area contributed by atoms with Crippen LogP contribution in [0.2, 0.25) is 10.0 Å². The Morgan fingerprint density at radius 2 is 1.62 bits per heavy atom. The summed E-state index contributed by atoms with van der Waals surface area (Å²) in [5.41, 5.74) is 1.79. The van der Waals surface area contributed by atoms with E-state index in [1.54, 1.807) is 36.4 Å². The summed E-state index contributed by atoms with van der Waals surface area (Å²) in [6, 6.07) is 22.0. The minimum Gasteiger partial charge on any atom is -0.352 e. The van der Waals surface area contributed by atoms with Crippen LogP contribution in [0.4, 0.5) is 5.69 Å². The number of sulfonamides is 1. The van der Waals surface area contributed by atoms with E-state index >= 15 is 0 Å². The number of nitrogens with one attached hydrogen (secondary N) is 1. The fraction of sp³-hybridized carbons (Fsp3) is 0.333. The van der Waals surface area contributed by atoms with Gasteiger partial charge in [-0.15, -0.1) is 0 Å². The van der Waals surface area contributed by atoms with Gasteiger partial charge < -0.3 is 10.2 Å². The van der Waals surface area contributed by atoms with Crippen LogP contribution in [0.3, 0.4) is 0 Å². The molecule has 1 N–H and O–H groups in total. The van der Waals surface area contributed by atoms with Gasteiger partial charge in [-0.05, 0) is 48.2 Å². The van der Waals surface area contributed by atoms with Gasteiger partial charge in [0.15, 0.2) is 0 Å². The molecule has 1 aliphatic carbocycles. The Kier molecular flexibility index (Phi) is 10.1. The fourth-order valence-corrected chi connectivity index (χ4v) is 6.20. The molecule has 1 saturated carbocycles. The van der Waals surface area contributed by atoms with Gasteiger partial charge in [-0.1, -0.05) is 90.6 Å². The number of hydrogen-bond donors (Lipinski definition) is 1. The van der Waals surface area contributed by atoms with Crippen molar-refractivity contribution in [2.75, 3.05) is 17.1 Å². The van der Waals surface area contributed by atoms with Crippen molar-refractivity contribution in [2.24, 2.45) is 0 Å². The summed E-state index contributed by atoms with van der Waals surface area (Å²) in [7, 11) is -3.87. The predicted octanol–water partition coefficient (Wildman–Crippen LogP) is 5.46. The van der Waals surface area contributed by atoms with Crippen LogP contribution in [-0.4, -0.2) is 50.0 Å². The van der Waals surface area contributed by atoms with Gasteiger partial charge in [0, 0.05) is 29.1 Å². The Hall–Kier alpha value is -3.07. The van der Waals surface area contributed by atoms with Crippen LogP contribution >= 0.6 is 23.2 Å². The van der Waals surface area contributed by atoms with Gasteiger partial charge in [-0.2, -0.15) is 0 Å². The van der Waals surface area contributed by atoms with Crippen LogP contribution in [0.15, 0.2) is 78.9 Å². The number of anilines is 1. The molecule has 0 aromatic heterocycles. The maximum atomic E-state index is 14.1. The second kappa shape index (κ2) is 13.5. The molecule has 3 aromatic carbocycles. The highest BCUT2D eigenvalue weighted by atomic mass is 35.5. The highest BCUT2D eigenvalue weighted by Gasteiger charge is 2.34. The summed E-state index contributed by atoms with van der Waals surface area (Å²) in [5.74, 6) is -0.808. The minimum absolute atomic E-state index is 0.0290. The Balaban J connectivity index is 1.73. The number of carbonyl (C=O) groups excluding carboxylic acids is 2. The van der Waals surface area contributed by atoms with Crippen LogP contribution in [0.25, 0.3) is 0 Å². The van der Waals surface area contributed by atoms with Gasteiger partial charge in [0.05, 0.1) is 11.9 Å². The van der Waals surface area contributed by atoms with E-state index in [-0.39, 0.29) is 30.6 Å². The zero-order valence-corrected chi connectivity index (χ0v) is 24.6. The molecule has 40 heavy (non-hydrogen) atoms. The number of carbonyl (C=O) groups is 2. The quantitative estimate of drug-likeness (QED) is 0.316. The third kappa shape index (κ3) is 7.99. The van der Waals surface area contributed by atoms with E-state index in [0.717, 1.165) is 41.8 Å². The largest absolute Gasteiger partial charge is 0.352 e. The maximum absolute atomic E-state index is 14.1. The molecule has 7 nitrogen and oxygen atoms in total. The Morgan fingerprint density at radius 3 is 2.27 bits per heavy atom. The molecule has 1 unspecified atom stereocenters. The normalized spacial score (nSPS) is 14.5. The molecule has 4 rings (SSSR count). The molecule has 0 heterocycles. The van der Waals surface area contributed by atoms with E-state index < -0.39 is 28.5 Å². The summed E-state index contributed by atoms with van der Waals surface area (Å²) in [5, 5.41) is 3.93. The lowest BCUT2D eigenvalue weighted by atomic mass is 10.0. The molecule has 0 bridgehead atoms. The predicted molar refractivity (Wildman–Crippen MR) is 160 cm³/mol. The van der Waals surface area contributed by atoms with Gasteiger partial charge in [-0.3, -0.25) is 13.9 Å². The van der Waals surface area contributed by atoms with Crippen molar-refractivity contribution in [2.45, 2.75) is 50.7 Å². The topological polar surface area (TPSA) is 86.8 Å². The van der Waals surface area contributed by atoms with Gasteiger partial charge in [0.25, 0.3) is 0 Å². The van der Waals surface area contributed by atoms with Gasteiger partial charge >= 0.3 is 0 Å². The molecule has 0 spiro atoms. The van der Waals surface area contributed by atoms with E-state index in [1.807, 2.05) is 36.4 Å². The number of rotatable bonds is 11. The van der Waals surface area contributed by atoms with Crippen LogP contribution in [0.1, 0.15) is 36.8 Å². The second-order valence-corrected chi connectivity index (χ2v) is 12.8. The van der Waals surface area contributed by atoms with Crippen LogP contribution in [0, 0.1) is 0 Å². The van der Waals surface area contributed by atoms with E-state index in [4.69, 9.17) is 23.2 Å². The first-order chi connectivity index (χ1) is 19.1. The Bertz CT molecular complexity index is 1430. The van der Waals surface area contributed by atoms with E-state index in [2.05, 4.69) is 5.32 Å². The van der Waals surface area contributed by atoms with Crippen molar-refractivity contribution in [3.8, 4) is 0 Å². The molecule has 2 amide bonds. The van der Waals surface area contributed by atoms with Crippen molar-refractivity contribution in [1.29, 1.82) is 0 Å². The Morgan fingerprint density at radius 1 is 0.950 bits per heavy atom. The Labute approximate surface area is 246 Å². The fourth-order valence-electron chi connectivity index (χ4n) is 4.98. The average molecular weight is 603 g/mol. The molecule has 1 aliphatic rings. The lowest BCUT2D eigenvalue weighted by molar-refractivity contribution is -0.140. The van der Waals surface area contributed by atoms with Crippen LogP contribution in [-0.2, 0) is 32.6 Å². The number of benzene rings is 3. The zero-order chi connectivity index (χ0) is 28.7. The van der Waals surface area contributed by atoms with E-state index in [1.165, 1.54) is 11.0 Å². The minimum atomic E-state index is -3.87. The molecule has 10 heteroatoms. The van der Waals surface area contributed by atoms with Crippen molar-refractivity contribution in [3.63, 3.8) is 0 Å². The van der Waals surface area contributed by atoms with Crippen molar-refractivity contribution >= 4 is 50.7 Å². The maximum Gasteiger partial charge on any atom is 0.244 e. The molecule has 0 aliphatic heterocycles. The number of halogens is 2. The molecule has 1 atom stereocenters. The van der Waals surface area contributed by atoms with Gasteiger partial charge in [0.2, 0.25) is 21.8 Å². The first kappa shape index (κ1) is 29.9. The monoisotopic (exact) mass is 601 g/mol. The third-order valence-electron chi connectivity index (χ3n) is 7.05. The molecular weight excluding hydrogens is 569 g/mol. The standard InChI is InChI=1S/C30H33Cl2N3O4S/c1-40(38,39)35(26-16-9-13-24(31)19-26)21-29(36)34(20-23-12-5-8-17-27(23)32)28(18-22-10-3-2-4-11-22)30(37)33-25-14-6-7-15-25/h2-5,8-13,16-17,19,25,28H,6-7,14-15,18,20-21H2,1H3,(H,33,37). The number of hydrogen-bond acceptors (Lipinski definition) is 4. The average Bonchev–Trinajstić information content (AvgIpc) is 3.43. The summed E-state index contributed by atoms with van der Waals surface area (Å²) in [6.45, 7) is -0.479. The van der Waals surface area contributed by atoms with E-state index in [0.29, 0.717) is 15.6 Å². The molecule has 1 fully saturated rings. The molecule has 0 radical (unpaired) electrons. The smallest absolute Gasteiger partial charge is 0.244 e. The highest BCUT2D eigenvalue weighted by Crippen LogP contribution is 2.25. The van der Waals surface area contributed by atoms with E-state index in [9.17, 15) is 18.0 Å². The summed E-state index contributed by atoms with van der Waals surface area (Å²) in [6.07, 6.45) is 5.15. The van der Waals surface area contributed by atoms with Gasteiger partial charge in [0.1, 0.15) is 12.6 Å². The number of amides is 2. The van der Waals surface area contributed by atoms with Crippen molar-refractivity contribution in [1.82, 2.24) is 10.2 Å². The van der Waals surface area contributed by atoms with Gasteiger partial charge in [-0.25, -0.2) is 8.42 Å². The zero-order valence-electron chi connectivity index (χ0n) is 22.3. The molecule has 0 saturated heterocycles. The lowest BCUT2D eigenvalue weighted by Gasteiger charge is -2.34. The van der Waals surface area contributed by atoms with Crippen LogP contribution in [0.5, 0.6) is 0 Å². The van der Waals surface area contributed by atoms with Crippen molar-refractivity contribution in [3.05, 3.63) is 100 Å². The first-order valence-corrected chi connectivity index (χ1v) is 15.8. The highest BCUT2D eigenvalue weighted by molar-refractivity contribution is 7.92. The molecule has 3 aromatic rings. The molecule has 212 valence electrons.